The number of sulfonamides is 1. The maximum absolute atomic E-state index is 13.1. The van der Waals surface area contributed by atoms with E-state index in [0.717, 1.165) is 19.6 Å². The van der Waals surface area contributed by atoms with Crippen molar-refractivity contribution in [1.82, 2.24) is 14.1 Å². The van der Waals surface area contributed by atoms with Crippen molar-refractivity contribution >= 4 is 21.4 Å². The molecule has 0 N–H and O–H groups in total. The monoisotopic (exact) mass is 473 g/mol. The van der Waals surface area contributed by atoms with Crippen molar-refractivity contribution in [3.63, 3.8) is 0 Å². The van der Waals surface area contributed by atoms with Crippen molar-refractivity contribution in [2.24, 2.45) is 0 Å². The standard InChI is InChI=1S/C23H31N5O4S/c1-19-4-3-5-20(16-19)18-25-10-12-26(13-11-25)22-7-6-21(17-23(22)28(29)30)33(31,32)27-14-8-24(2)9-15-27/h3-7,16-17H,8-15,18H2,1-2H3. The Kier molecular flexibility index (Phi) is 6.99. The van der Waals surface area contributed by atoms with Crippen LogP contribution in [0.4, 0.5) is 11.4 Å². The second-order valence-corrected chi connectivity index (χ2v) is 10.8. The van der Waals surface area contributed by atoms with Crippen molar-refractivity contribution in [1.29, 1.82) is 0 Å². The fraction of sp³-hybridized carbons (Fsp3) is 0.478. The third-order valence-corrected chi connectivity index (χ3v) is 8.34. The highest BCUT2D eigenvalue weighted by molar-refractivity contribution is 7.89. The molecule has 0 bridgehead atoms. The molecule has 2 saturated heterocycles. The maximum atomic E-state index is 13.1. The van der Waals surface area contributed by atoms with E-state index in [1.807, 2.05) is 11.9 Å². The van der Waals surface area contributed by atoms with Gasteiger partial charge in [0, 0.05) is 65.0 Å². The average molecular weight is 474 g/mol. The van der Waals surface area contributed by atoms with Gasteiger partial charge in [-0.25, -0.2) is 8.42 Å². The number of hydrogen-bond donors (Lipinski definition) is 0. The molecule has 10 heteroatoms. The van der Waals surface area contributed by atoms with Crippen LogP contribution in [0.25, 0.3) is 0 Å². The molecule has 0 saturated carbocycles. The van der Waals surface area contributed by atoms with Crippen molar-refractivity contribution < 1.29 is 13.3 Å². The summed E-state index contributed by atoms with van der Waals surface area (Å²) >= 11 is 0. The molecular formula is C23H31N5O4S. The second kappa shape index (κ2) is 9.76. The molecule has 4 rings (SSSR count). The van der Waals surface area contributed by atoms with Gasteiger partial charge in [-0.1, -0.05) is 29.8 Å². The first-order valence-corrected chi connectivity index (χ1v) is 12.7. The van der Waals surface area contributed by atoms with Crippen LogP contribution in [0.1, 0.15) is 11.1 Å². The van der Waals surface area contributed by atoms with Crippen LogP contribution in [0.2, 0.25) is 0 Å². The number of likely N-dealkylation sites (N-methyl/N-ethyl adjacent to an activating group) is 1. The molecular weight excluding hydrogens is 442 g/mol. The Labute approximate surface area is 195 Å². The predicted octanol–water partition coefficient (Wildman–Crippen LogP) is 2.16. The Morgan fingerprint density at radius 3 is 2.27 bits per heavy atom. The van der Waals surface area contributed by atoms with E-state index in [4.69, 9.17) is 0 Å². The molecule has 0 spiro atoms. The molecule has 2 fully saturated rings. The molecule has 2 aromatic rings. The summed E-state index contributed by atoms with van der Waals surface area (Å²) in [5.41, 5.74) is 2.81. The Morgan fingerprint density at radius 1 is 0.939 bits per heavy atom. The van der Waals surface area contributed by atoms with Crippen molar-refractivity contribution in [3.05, 3.63) is 63.7 Å². The first-order chi connectivity index (χ1) is 15.7. The number of aryl methyl sites for hydroxylation is 1. The van der Waals surface area contributed by atoms with Gasteiger partial charge < -0.3 is 9.80 Å². The van der Waals surface area contributed by atoms with E-state index in [2.05, 4.69) is 41.0 Å². The zero-order valence-corrected chi connectivity index (χ0v) is 20.0. The molecule has 178 valence electrons. The van der Waals surface area contributed by atoms with Crippen molar-refractivity contribution in [2.45, 2.75) is 18.4 Å². The molecule has 0 aromatic heterocycles. The third-order valence-electron chi connectivity index (χ3n) is 6.45. The SMILES string of the molecule is Cc1cccc(CN2CCN(c3ccc(S(=O)(=O)N4CCN(C)CC4)cc3[N+](=O)[O-])CC2)c1. The number of rotatable bonds is 6. The number of piperazine rings is 2. The van der Waals surface area contributed by atoms with Crippen LogP contribution in [0.3, 0.4) is 0 Å². The van der Waals surface area contributed by atoms with E-state index < -0.39 is 14.9 Å². The van der Waals surface area contributed by atoms with Gasteiger partial charge in [-0.2, -0.15) is 4.31 Å². The fourth-order valence-corrected chi connectivity index (χ4v) is 5.91. The van der Waals surface area contributed by atoms with Crippen LogP contribution in [-0.2, 0) is 16.6 Å². The number of nitro benzene ring substituents is 1. The molecule has 0 atom stereocenters. The molecule has 2 aliphatic rings. The average Bonchev–Trinajstić information content (AvgIpc) is 2.79. The summed E-state index contributed by atoms with van der Waals surface area (Å²) in [6.45, 7) is 7.86. The smallest absolute Gasteiger partial charge is 0.293 e. The van der Waals surface area contributed by atoms with Gasteiger partial charge in [-0.3, -0.25) is 15.0 Å². The van der Waals surface area contributed by atoms with Gasteiger partial charge in [0.2, 0.25) is 10.0 Å². The predicted molar refractivity (Wildman–Crippen MR) is 128 cm³/mol. The van der Waals surface area contributed by atoms with Crippen LogP contribution in [0.5, 0.6) is 0 Å². The van der Waals surface area contributed by atoms with Crippen molar-refractivity contribution in [3.8, 4) is 0 Å². The minimum absolute atomic E-state index is 0.0133. The van der Waals surface area contributed by atoms with Crippen molar-refractivity contribution in [2.75, 3.05) is 64.3 Å². The normalized spacial score (nSPS) is 19.0. The van der Waals surface area contributed by atoms with Gasteiger partial charge in [-0.15, -0.1) is 0 Å². The van der Waals surface area contributed by atoms with Crippen LogP contribution in [0, 0.1) is 17.0 Å². The maximum Gasteiger partial charge on any atom is 0.293 e. The summed E-state index contributed by atoms with van der Waals surface area (Å²) < 4.78 is 27.5. The lowest BCUT2D eigenvalue weighted by atomic mass is 10.1. The zero-order chi connectivity index (χ0) is 23.6. The van der Waals surface area contributed by atoms with Gasteiger partial charge in [0.25, 0.3) is 5.69 Å². The summed E-state index contributed by atoms with van der Waals surface area (Å²) in [4.78, 5) is 17.8. The van der Waals surface area contributed by atoms with Crippen LogP contribution in [-0.4, -0.2) is 86.9 Å². The van der Waals surface area contributed by atoms with Gasteiger partial charge >= 0.3 is 0 Å². The van der Waals surface area contributed by atoms with Gasteiger partial charge in [0.15, 0.2) is 0 Å². The minimum Gasteiger partial charge on any atom is -0.363 e. The first kappa shape index (κ1) is 23.6. The molecule has 2 heterocycles. The number of nitro groups is 1. The largest absolute Gasteiger partial charge is 0.363 e. The molecule has 33 heavy (non-hydrogen) atoms. The number of benzene rings is 2. The molecule has 0 amide bonds. The highest BCUT2D eigenvalue weighted by atomic mass is 32.2. The molecule has 0 aliphatic carbocycles. The molecule has 0 radical (unpaired) electrons. The van der Waals surface area contributed by atoms with E-state index in [-0.39, 0.29) is 10.6 Å². The lowest BCUT2D eigenvalue weighted by Gasteiger charge is -2.36. The lowest BCUT2D eigenvalue weighted by Crippen LogP contribution is -2.47. The van der Waals surface area contributed by atoms with Gasteiger partial charge in [-0.05, 0) is 31.7 Å². The highest BCUT2D eigenvalue weighted by Crippen LogP contribution is 2.33. The molecule has 9 nitrogen and oxygen atoms in total. The van der Waals surface area contributed by atoms with Crippen LogP contribution < -0.4 is 4.90 Å². The van der Waals surface area contributed by atoms with Crippen LogP contribution in [0.15, 0.2) is 47.4 Å². The first-order valence-electron chi connectivity index (χ1n) is 11.2. The Bertz CT molecular complexity index is 1110. The summed E-state index contributed by atoms with van der Waals surface area (Å²) in [5.74, 6) is 0. The Balaban J connectivity index is 1.48. The molecule has 0 unspecified atom stereocenters. The summed E-state index contributed by atoms with van der Waals surface area (Å²) in [6, 6.07) is 12.8. The second-order valence-electron chi connectivity index (χ2n) is 8.87. The van der Waals surface area contributed by atoms with E-state index in [0.29, 0.717) is 45.0 Å². The zero-order valence-electron chi connectivity index (χ0n) is 19.2. The topological polar surface area (TPSA) is 90.2 Å². The van der Waals surface area contributed by atoms with E-state index in [1.165, 1.54) is 27.6 Å². The van der Waals surface area contributed by atoms with E-state index >= 15 is 0 Å². The lowest BCUT2D eigenvalue weighted by molar-refractivity contribution is -0.384. The summed E-state index contributed by atoms with van der Waals surface area (Å²) in [5, 5.41) is 11.9. The molecule has 2 aromatic carbocycles. The number of nitrogens with zero attached hydrogens (tertiary/aromatic N) is 5. The Hall–Kier alpha value is -2.53. The third kappa shape index (κ3) is 5.35. The number of hydrogen-bond acceptors (Lipinski definition) is 7. The fourth-order valence-electron chi connectivity index (χ4n) is 4.47. The summed E-state index contributed by atoms with van der Waals surface area (Å²) in [6.07, 6.45) is 0. The summed E-state index contributed by atoms with van der Waals surface area (Å²) in [7, 11) is -1.81. The molecule has 2 aliphatic heterocycles. The quantitative estimate of drug-likeness (QED) is 0.469. The van der Waals surface area contributed by atoms with E-state index in [1.54, 1.807) is 6.07 Å². The highest BCUT2D eigenvalue weighted by Gasteiger charge is 2.31. The Morgan fingerprint density at radius 2 is 1.64 bits per heavy atom. The minimum atomic E-state index is -3.76. The van der Waals surface area contributed by atoms with Crippen LogP contribution >= 0.6 is 0 Å². The van der Waals surface area contributed by atoms with Gasteiger partial charge in [0.1, 0.15) is 5.69 Å². The number of anilines is 1. The van der Waals surface area contributed by atoms with Gasteiger partial charge in [0.05, 0.1) is 9.82 Å². The van der Waals surface area contributed by atoms with E-state index in [9.17, 15) is 18.5 Å².